The van der Waals surface area contributed by atoms with Gasteiger partial charge in [0.05, 0.1) is 5.56 Å². The van der Waals surface area contributed by atoms with E-state index in [1.165, 1.54) is 6.26 Å². The zero-order valence-electron chi connectivity index (χ0n) is 9.77. The van der Waals surface area contributed by atoms with Crippen molar-refractivity contribution in [3.8, 4) is 0 Å². The summed E-state index contributed by atoms with van der Waals surface area (Å²) in [6.07, 6.45) is 1.49. The minimum atomic E-state index is -0.116. The van der Waals surface area contributed by atoms with Gasteiger partial charge in [0.15, 0.2) is 0 Å². The monoisotopic (exact) mass is 232 g/mol. The summed E-state index contributed by atoms with van der Waals surface area (Å²) in [6.45, 7) is 3.13. The van der Waals surface area contributed by atoms with Gasteiger partial charge in [0.1, 0.15) is 11.8 Å². The maximum atomic E-state index is 11.9. The van der Waals surface area contributed by atoms with E-state index in [1.807, 2.05) is 31.2 Å². The van der Waals surface area contributed by atoms with Crippen LogP contribution in [0.4, 0.5) is 0 Å². The quantitative estimate of drug-likeness (QED) is 0.844. The van der Waals surface area contributed by atoms with Crippen LogP contribution in [0.25, 0.3) is 11.0 Å². The van der Waals surface area contributed by atoms with Gasteiger partial charge in [0, 0.05) is 11.9 Å². The molecule has 2 aromatic rings. The number of furan rings is 1. The molecule has 4 nitrogen and oxygen atoms in total. The molecule has 0 aliphatic rings. The molecule has 0 spiro atoms. The number of nitrogens with one attached hydrogen (secondary N) is 1. The van der Waals surface area contributed by atoms with Crippen molar-refractivity contribution in [2.75, 3.05) is 13.1 Å². The van der Waals surface area contributed by atoms with Crippen molar-refractivity contribution in [2.45, 2.75) is 6.92 Å². The number of benzene rings is 1. The van der Waals surface area contributed by atoms with Crippen molar-refractivity contribution in [1.82, 2.24) is 5.32 Å². The summed E-state index contributed by atoms with van der Waals surface area (Å²) in [7, 11) is 0. The minimum absolute atomic E-state index is 0.116. The predicted molar refractivity (Wildman–Crippen MR) is 66.8 cm³/mol. The molecule has 1 heterocycles. The second-order valence-electron chi connectivity index (χ2n) is 4.20. The van der Waals surface area contributed by atoms with Crippen molar-refractivity contribution in [3.63, 3.8) is 0 Å². The van der Waals surface area contributed by atoms with E-state index >= 15 is 0 Å². The molecule has 0 saturated heterocycles. The van der Waals surface area contributed by atoms with Crippen LogP contribution in [0.5, 0.6) is 0 Å². The normalized spacial score (nSPS) is 12.6. The second-order valence-corrected chi connectivity index (χ2v) is 4.20. The van der Waals surface area contributed by atoms with E-state index in [9.17, 15) is 4.79 Å². The largest absolute Gasteiger partial charge is 0.463 e. The molecule has 1 aromatic carbocycles. The average molecular weight is 232 g/mol. The second kappa shape index (κ2) is 5.01. The topological polar surface area (TPSA) is 68.3 Å². The fraction of sp³-hybridized carbons (Fsp3) is 0.308. The van der Waals surface area contributed by atoms with Crippen molar-refractivity contribution >= 4 is 16.9 Å². The number of para-hydroxylation sites is 1. The number of carbonyl (C=O) groups excluding carboxylic acids is 1. The maximum Gasteiger partial charge on any atom is 0.255 e. The Bertz CT molecular complexity index is 519. The summed E-state index contributed by atoms with van der Waals surface area (Å²) < 4.78 is 5.32. The lowest BCUT2D eigenvalue weighted by Gasteiger charge is -2.09. The van der Waals surface area contributed by atoms with Crippen molar-refractivity contribution in [2.24, 2.45) is 11.7 Å². The number of fused-ring (bicyclic) bond motifs is 1. The van der Waals surface area contributed by atoms with E-state index in [-0.39, 0.29) is 11.8 Å². The van der Waals surface area contributed by atoms with Crippen LogP contribution in [0.1, 0.15) is 17.3 Å². The Kier molecular flexibility index (Phi) is 3.44. The van der Waals surface area contributed by atoms with Gasteiger partial charge in [-0.2, -0.15) is 0 Å². The third kappa shape index (κ3) is 2.47. The molecule has 2 rings (SSSR count). The van der Waals surface area contributed by atoms with Crippen LogP contribution >= 0.6 is 0 Å². The Hall–Kier alpha value is -1.81. The Morgan fingerprint density at radius 3 is 3.00 bits per heavy atom. The molecular weight excluding hydrogens is 216 g/mol. The van der Waals surface area contributed by atoms with Gasteiger partial charge < -0.3 is 15.5 Å². The fourth-order valence-electron chi connectivity index (χ4n) is 1.60. The highest BCUT2D eigenvalue weighted by Crippen LogP contribution is 2.20. The molecule has 0 bridgehead atoms. The van der Waals surface area contributed by atoms with Crippen LogP contribution in [0.15, 0.2) is 34.9 Å². The molecule has 3 N–H and O–H groups in total. The summed E-state index contributed by atoms with van der Waals surface area (Å²) in [5.41, 5.74) is 6.80. The molecule has 0 saturated carbocycles. The molecule has 0 fully saturated rings. The smallest absolute Gasteiger partial charge is 0.255 e. The lowest BCUT2D eigenvalue weighted by molar-refractivity contribution is 0.0949. The highest BCUT2D eigenvalue weighted by Gasteiger charge is 2.13. The zero-order valence-corrected chi connectivity index (χ0v) is 9.77. The highest BCUT2D eigenvalue weighted by molar-refractivity contribution is 6.05. The van der Waals surface area contributed by atoms with Crippen LogP contribution < -0.4 is 11.1 Å². The fourth-order valence-corrected chi connectivity index (χ4v) is 1.60. The Balaban J connectivity index is 2.14. The zero-order chi connectivity index (χ0) is 12.3. The number of hydrogen-bond acceptors (Lipinski definition) is 3. The molecule has 1 amide bonds. The van der Waals surface area contributed by atoms with Crippen molar-refractivity contribution in [3.05, 3.63) is 36.1 Å². The summed E-state index contributed by atoms with van der Waals surface area (Å²) in [6, 6.07) is 7.48. The maximum absolute atomic E-state index is 11.9. The lowest BCUT2D eigenvalue weighted by Crippen LogP contribution is -2.31. The first-order chi connectivity index (χ1) is 8.22. The number of carbonyl (C=O) groups is 1. The van der Waals surface area contributed by atoms with Gasteiger partial charge in [-0.05, 0) is 18.5 Å². The van der Waals surface area contributed by atoms with E-state index in [0.717, 1.165) is 11.0 Å². The van der Waals surface area contributed by atoms with Crippen LogP contribution in [-0.4, -0.2) is 19.0 Å². The molecule has 0 aliphatic carbocycles. The first-order valence-corrected chi connectivity index (χ1v) is 5.67. The van der Waals surface area contributed by atoms with Gasteiger partial charge >= 0.3 is 0 Å². The summed E-state index contributed by atoms with van der Waals surface area (Å²) >= 11 is 0. The Morgan fingerprint density at radius 2 is 2.24 bits per heavy atom. The van der Waals surface area contributed by atoms with Gasteiger partial charge in [-0.25, -0.2) is 0 Å². The third-order valence-corrected chi connectivity index (χ3v) is 2.74. The van der Waals surface area contributed by atoms with Gasteiger partial charge in [-0.1, -0.05) is 25.1 Å². The van der Waals surface area contributed by atoms with Crippen molar-refractivity contribution < 1.29 is 9.21 Å². The van der Waals surface area contributed by atoms with E-state index in [2.05, 4.69) is 5.32 Å². The number of nitrogens with two attached hydrogens (primary N) is 1. The lowest BCUT2D eigenvalue weighted by atomic mass is 10.1. The number of amides is 1. The number of hydrogen-bond donors (Lipinski definition) is 2. The predicted octanol–water partition coefficient (Wildman–Crippen LogP) is 1.76. The molecule has 90 valence electrons. The average Bonchev–Trinajstić information content (AvgIpc) is 2.79. The summed E-state index contributed by atoms with van der Waals surface area (Å²) in [4.78, 5) is 11.9. The van der Waals surface area contributed by atoms with E-state index in [0.29, 0.717) is 18.7 Å². The summed E-state index contributed by atoms with van der Waals surface area (Å²) in [5, 5.41) is 3.69. The third-order valence-electron chi connectivity index (χ3n) is 2.74. The standard InChI is InChI=1S/C13H16N2O2/c1-9(6-14)7-15-13(16)11-8-17-12-5-3-2-4-10(11)12/h2-5,8-9H,6-7,14H2,1H3,(H,15,16). The van der Waals surface area contributed by atoms with Crippen LogP contribution in [0.2, 0.25) is 0 Å². The van der Waals surface area contributed by atoms with E-state index in [1.54, 1.807) is 0 Å². The van der Waals surface area contributed by atoms with Crippen LogP contribution in [0.3, 0.4) is 0 Å². The molecule has 1 aromatic heterocycles. The van der Waals surface area contributed by atoms with Crippen molar-refractivity contribution in [1.29, 1.82) is 0 Å². The first-order valence-electron chi connectivity index (χ1n) is 5.67. The van der Waals surface area contributed by atoms with Crippen LogP contribution in [0, 0.1) is 5.92 Å². The Morgan fingerprint density at radius 1 is 1.47 bits per heavy atom. The molecule has 4 heteroatoms. The molecule has 1 atom stereocenters. The van der Waals surface area contributed by atoms with Crippen LogP contribution in [-0.2, 0) is 0 Å². The number of rotatable bonds is 4. The molecule has 0 aliphatic heterocycles. The van der Waals surface area contributed by atoms with Gasteiger partial charge in [0.25, 0.3) is 5.91 Å². The molecule has 17 heavy (non-hydrogen) atoms. The summed E-state index contributed by atoms with van der Waals surface area (Å²) in [5.74, 6) is 0.160. The molecule has 0 radical (unpaired) electrons. The van der Waals surface area contributed by atoms with Gasteiger partial charge in [-0.3, -0.25) is 4.79 Å². The highest BCUT2D eigenvalue weighted by atomic mass is 16.3. The van der Waals surface area contributed by atoms with E-state index in [4.69, 9.17) is 10.2 Å². The van der Waals surface area contributed by atoms with Gasteiger partial charge in [-0.15, -0.1) is 0 Å². The first kappa shape index (κ1) is 11.7. The van der Waals surface area contributed by atoms with Gasteiger partial charge in [0.2, 0.25) is 0 Å². The Labute approximate surface area is 99.8 Å². The minimum Gasteiger partial charge on any atom is -0.463 e. The molecule has 1 unspecified atom stereocenters. The van der Waals surface area contributed by atoms with E-state index < -0.39 is 0 Å². The molecular formula is C13H16N2O2. The SMILES string of the molecule is CC(CN)CNC(=O)c1coc2ccccc12.